The Labute approximate surface area is 186 Å². The van der Waals surface area contributed by atoms with Crippen LogP contribution in [0.2, 0.25) is 0 Å². The number of aliphatic imine (C=N–C) groups is 1. The lowest BCUT2D eigenvalue weighted by Crippen LogP contribution is -2.36. The van der Waals surface area contributed by atoms with Gasteiger partial charge in [-0.1, -0.05) is 17.9 Å². The fraction of sp³-hybridized carbons (Fsp3) is 0.560. The third-order valence-electron chi connectivity index (χ3n) is 6.37. The van der Waals surface area contributed by atoms with Crippen LogP contribution >= 0.6 is 0 Å². The molecule has 168 valence electrons. The minimum atomic E-state index is -0.255. The van der Waals surface area contributed by atoms with Gasteiger partial charge in [-0.2, -0.15) is 0 Å². The Morgan fingerprint density at radius 1 is 1.19 bits per heavy atom. The molecule has 0 bridgehead atoms. The van der Waals surface area contributed by atoms with Crippen LogP contribution in [0.5, 0.6) is 11.5 Å². The summed E-state index contributed by atoms with van der Waals surface area (Å²) < 4.78 is 11.9. The van der Waals surface area contributed by atoms with E-state index < -0.39 is 0 Å². The van der Waals surface area contributed by atoms with Crippen LogP contribution in [0.4, 0.5) is 0 Å². The van der Waals surface area contributed by atoms with Gasteiger partial charge in [0.15, 0.2) is 17.5 Å². The Morgan fingerprint density at radius 3 is 2.55 bits per heavy atom. The predicted octanol–water partition coefficient (Wildman–Crippen LogP) is 3.60. The summed E-state index contributed by atoms with van der Waals surface area (Å²) in [5.74, 6) is 8.88. The van der Waals surface area contributed by atoms with Gasteiger partial charge in [-0.3, -0.25) is 4.99 Å². The second kappa shape index (κ2) is 10.6. The molecular weight excluding hydrogens is 388 g/mol. The number of hydrogen-bond donors (Lipinski definition) is 3. The number of ether oxygens (including phenoxy) is 2. The fourth-order valence-corrected chi connectivity index (χ4v) is 4.37. The molecule has 0 aromatic heterocycles. The summed E-state index contributed by atoms with van der Waals surface area (Å²) in [5.41, 5.74) is 13.8. The van der Waals surface area contributed by atoms with Crippen molar-refractivity contribution in [1.29, 1.82) is 0 Å². The molecular formula is C25H36N4O2. The summed E-state index contributed by atoms with van der Waals surface area (Å²) in [6.07, 6.45) is 10.5. The van der Waals surface area contributed by atoms with Gasteiger partial charge < -0.3 is 26.3 Å². The number of methoxy groups -OCH3 is 1. The number of allylic oxidation sites excluding steroid dienone is 1. The molecule has 6 nitrogen and oxygen atoms in total. The van der Waals surface area contributed by atoms with Crippen LogP contribution in [-0.2, 0) is 5.41 Å². The molecule has 1 aromatic rings. The lowest BCUT2D eigenvalue weighted by atomic mass is 9.68. The molecule has 0 heterocycles. The maximum Gasteiger partial charge on any atom is 0.192 e. The molecule has 6 heteroatoms. The molecule has 31 heavy (non-hydrogen) atoms. The molecule has 2 fully saturated rings. The lowest BCUT2D eigenvalue weighted by molar-refractivity contribution is 0.200. The van der Waals surface area contributed by atoms with E-state index in [0.29, 0.717) is 5.96 Å². The zero-order valence-corrected chi connectivity index (χ0v) is 19.0. The molecule has 0 unspecified atom stereocenters. The van der Waals surface area contributed by atoms with E-state index in [4.69, 9.17) is 20.9 Å². The quantitative estimate of drug-likeness (QED) is 0.381. The zero-order chi connectivity index (χ0) is 22.3. The van der Waals surface area contributed by atoms with E-state index in [2.05, 4.69) is 34.3 Å². The van der Waals surface area contributed by atoms with Crippen molar-refractivity contribution in [2.75, 3.05) is 14.2 Å². The van der Waals surface area contributed by atoms with Gasteiger partial charge in [-0.15, -0.1) is 0 Å². The van der Waals surface area contributed by atoms with Gasteiger partial charge in [0.25, 0.3) is 0 Å². The average Bonchev–Trinajstić information content (AvgIpc) is 3.30. The molecule has 3 rings (SSSR count). The maximum atomic E-state index is 6.35. The van der Waals surface area contributed by atoms with Crippen molar-refractivity contribution < 1.29 is 9.47 Å². The molecule has 0 aliphatic heterocycles. The topological polar surface area (TPSA) is 94.9 Å². The van der Waals surface area contributed by atoms with Gasteiger partial charge in [-0.25, -0.2) is 0 Å². The Hall–Kier alpha value is -2.65. The Balaban J connectivity index is 1.92. The number of benzene rings is 1. The smallest absolute Gasteiger partial charge is 0.192 e. The normalized spacial score (nSPS) is 25.0. The standard InChI is InChI=1S/C25H36N4O2/c1-18(17-29-24(27)28-2)10-13-25(14-11-20(26)12-15-25)19-8-9-22(30-3)23(16-19)31-21-6-4-5-7-21/h8-9,16-17,20-21H,4-7,11-12,14-15,26H2,1-3H3,(H3,27,28,29)/b18-17+. The molecule has 0 saturated heterocycles. The third kappa shape index (κ3) is 5.95. The van der Waals surface area contributed by atoms with Crippen molar-refractivity contribution in [3.05, 3.63) is 35.5 Å². The Morgan fingerprint density at radius 2 is 1.90 bits per heavy atom. The highest BCUT2D eigenvalue weighted by molar-refractivity contribution is 5.78. The van der Waals surface area contributed by atoms with E-state index in [9.17, 15) is 0 Å². The number of rotatable bonds is 5. The zero-order valence-electron chi connectivity index (χ0n) is 19.0. The Bertz CT molecular complexity index is 867. The van der Waals surface area contributed by atoms with Gasteiger partial charge in [0.1, 0.15) is 0 Å². The van der Waals surface area contributed by atoms with Crippen LogP contribution < -0.4 is 26.3 Å². The number of nitrogens with zero attached hydrogens (tertiary/aromatic N) is 1. The van der Waals surface area contributed by atoms with Crippen LogP contribution in [-0.4, -0.2) is 32.3 Å². The fourth-order valence-electron chi connectivity index (χ4n) is 4.37. The van der Waals surface area contributed by atoms with E-state index in [1.54, 1.807) is 20.4 Å². The van der Waals surface area contributed by atoms with Crippen molar-refractivity contribution in [2.24, 2.45) is 16.5 Å². The molecule has 2 aliphatic carbocycles. The highest BCUT2D eigenvalue weighted by atomic mass is 16.5. The largest absolute Gasteiger partial charge is 0.493 e. The molecule has 0 atom stereocenters. The van der Waals surface area contributed by atoms with Crippen molar-refractivity contribution in [3.8, 4) is 23.3 Å². The first kappa shape index (κ1) is 23.0. The van der Waals surface area contributed by atoms with Crippen molar-refractivity contribution in [1.82, 2.24) is 5.32 Å². The van der Waals surface area contributed by atoms with E-state index in [-0.39, 0.29) is 17.6 Å². The highest BCUT2D eigenvalue weighted by Crippen LogP contribution is 2.42. The molecule has 5 N–H and O–H groups in total. The van der Waals surface area contributed by atoms with Crippen LogP contribution in [0.25, 0.3) is 0 Å². The van der Waals surface area contributed by atoms with Gasteiger partial charge >= 0.3 is 0 Å². The first-order valence-corrected chi connectivity index (χ1v) is 11.3. The van der Waals surface area contributed by atoms with Crippen LogP contribution in [0.15, 0.2) is 35.0 Å². The SMILES string of the molecule is CN=C(N)N/C=C(\C)C#CC1(c2ccc(OC)c(OC3CCCC3)c2)CCC(N)CC1. The average molecular weight is 425 g/mol. The van der Waals surface area contributed by atoms with E-state index in [1.165, 1.54) is 18.4 Å². The molecule has 2 saturated carbocycles. The predicted molar refractivity (Wildman–Crippen MR) is 126 cm³/mol. The number of nitrogens with two attached hydrogens (primary N) is 2. The minimum absolute atomic E-state index is 0.237. The van der Waals surface area contributed by atoms with Gasteiger partial charge in [0, 0.05) is 24.9 Å². The van der Waals surface area contributed by atoms with Crippen LogP contribution in [0.1, 0.15) is 63.9 Å². The third-order valence-corrected chi connectivity index (χ3v) is 6.37. The van der Waals surface area contributed by atoms with Gasteiger partial charge in [-0.05, 0) is 76.0 Å². The monoisotopic (exact) mass is 424 g/mol. The lowest BCUT2D eigenvalue weighted by Gasteiger charge is -2.36. The second-order valence-electron chi connectivity index (χ2n) is 8.64. The van der Waals surface area contributed by atoms with E-state index in [0.717, 1.165) is 55.6 Å². The van der Waals surface area contributed by atoms with Crippen molar-refractivity contribution >= 4 is 5.96 Å². The highest BCUT2D eigenvalue weighted by Gasteiger charge is 2.35. The van der Waals surface area contributed by atoms with Gasteiger partial charge in [0.05, 0.1) is 18.6 Å². The van der Waals surface area contributed by atoms with Crippen molar-refractivity contribution in [3.63, 3.8) is 0 Å². The summed E-state index contributed by atoms with van der Waals surface area (Å²) in [5, 5.41) is 2.95. The molecule has 2 aliphatic rings. The molecule has 1 aromatic carbocycles. The molecule has 0 radical (unpaired) electrons. The summed E-state index contributed by atoms with van der Waals surface area (Å²) >= 11 is 0. The number of hydrogen-bond acceptors (Lipinski definition) is 4. The molecule has 0 spiro atoms. The van der Waals surface area contributed by atoms with Crippen LogP contribution in [0, 0.1) is 11.8 Å². The second-order valence-corrected chi connectivity index (χ2v) is 8.64. The summed E-state index contributed by atoms with van der Waals surface area (Å²) in [4.78, 5) is 3.90. The van der Waals surface area contributed by atoms with Gasteiger partial charge in [0.2, 0.25) is 0 Å². The number of guanidine groups is 1. The molecule has 0 amide bonds. The Kier molecular flexibility index (Phi) is 7.86. The number of nitrogens with one attached hydrogen (secondary N) is 1. The minimum Gasteiger partial charge on any atom is -0.493 e. The van der Waals surface area contributed by atoms with Crippen molar-refractivity contribution in [2.45, 2.75) is 75.9 Å². The first-order chi connectivity index (χ1) is 15.0. The van der Waals surface area contributed by atoms with E-state index in [1.807, 2.05) is 13.0 Å². The van der Waals surface area contributed by atoms with Crippen LogP contribution in [0.3, 0.4) is 0 Å². The first-order valence-electron chi connectivity index (χ1n) is 11.3. The summed E-state index contributed by atoms with van der Waals surface area (Å²) in [6.45, 7) is 1.97. The van der Waals surface area contributed by atoms with E-state index >= 15 is 0 Å². The summed E-state index contributed by atoms with van der Waals surface area (Å²) in [7, 11) is 3.34. The maximum absolute atomic E-state index is 6.35. The summed E-state index contributed by atoms with van der Waals surface area (Å²) in [6, 6.07) is 6.52.